The normalized spacial score (nSPS) is 14.6. The Morgan fingerprint density at radius 3 is 2.42 bits per heavy atom. The number of methoxy groups -OCH3 is 1. The Bertz CT molecular complexity index is 1060. The number of piperidine rings is 1. The van der Waals surface area contributed by atoms with E-state index in [1.54, 1.807) is 7.11 Å². The van der Waals surface area contributed by atoms with Crippen LogP contribution < -0.4 is 15.0 Å². The highest BCUT2D eigenvalue weighted by Gasteiger charge is 2.25. The van der Waals surface area contributed by atoms with Crippen LogP contribution in [0.2, 0.25) is 0 Å². The number of hydrogen-bond donors (Lipinski definition) is 1. The molecule has 1 amide bonds. The lowest BCUT2D eigenvalue weighted by atomic mass is 9.95. The summed E-state index contributed by atoms with van der Waals surface area (Å²) in [6.07, 6.45) is 5.22. The summed E-state index contributed by atoms with van der Waals surface area (Å²) in [5.41, 5.74) is 5.45. The molecule has 1 aliphatic heterocycles. The maximum atomic E-state index is 12.7. The molecule has 0 radical (unpaired) electrons. The zero-order valence-electron chi connectivity index (χ0n) is 18.4. The van der Waals surface area contributed by atoms with Gasteiger partial charge in [0.05, 0.1) is 30.4 Å². The Kier molecular flexibility index (Phi) is 6.30. The summed E-state index contributed by atoms with van der Waals surface area (Å²) >= 11 is 0. The minimum atomic E-state index is 0.00497. The number of carbonyl (C=O) groups is 1. The van der Waals surface area contributed by atoms with Crippen LogP contribution in [0.1, 0.15) is 38.1 Å². The zero-order valence-corrected chi connectivity index (χ0v) is 18.4. The Hall–Kier alpha value is -3.22. The molecule has 0 saturated carbocycles. The van der Waals surface area contributed by atoms with Crippen LogP contribution in [-0.2, 0) is 17.6 Å². The summed E-state index contributed by atoms with van der Waals surface area (Å²) in [5, 5.41) is 3.02. The molecule has 1 N–H and O–H groups in total. The number of rotatable bonds is 6. The van der Waals surface area contributed by atoms with Gasteiger partial charge in [0.15, 0.2) is 5.65 Å². The fraction of sp³-hybridized carbons (Fsp3) is 0.417. The van der Waals surface area contributed by atoms with Crippen LogP contribution >= 0.6 is 0 Å². The molecule has 0 unspecified atom stereocenters. The van der Waals surface area contributed by atoms with Gasteiger partial charge in [-0.05, 0) is 56.0 Å². The van der Waals surface area contributed by atoms with Crippen molar-refractivity contribution in [3.05, 3.63) is 47.9 Å². The van der Waals surface area contributed by atoms with Crippen LogP contribution in [0.4, 0.5) is 11.4 Å². The quantitative estimate of drug-likeness (QED) is 0.650. The maximum absolute atomic E-state index is 12.7. The van der Waals surface area contributed by atoms with Gasteiger partial charge in [0, 0.05) is 24.7 Å². The molecule has 4 rings (SSSR count). The molecule has 1 aromatic carbocycles. The van der Waals surface area contributed by atoms with Crippen LogP contribution in [0.3, 0.4) is 0 Å². The Morgan fingerprint density at radius 1 is 1.10 bits per heavy atom. The predicted octanol–water partition coefficient (Wildman–Crippen LogP) is 4.01. The van der Waals surface area contributed by atoms with Gasteiger partial charge in [-0.1, -0.05) is 13.8 Å². The first-order valence-electron chi connectivity index (χ1n) is 11.0. The topological polar surface area (TPSA) is 80.2 Å². The molecular formula is C24H29N5O2. The van der Waals surface area contributed by atoms with Crippen LogP contribution in [0.25, 0.3) is 11.2 Å². The van der Waals surface area contributed by atoms with Crippen LogP contribution in [0, 0.1) is 5.92 Å². The Labute approximate surface area is 182 Å². The van der Waals surface area contributed by atoms with Crippen molar-refractivity contribution < 1.29 is 9.53 Å². The molecule has 0 atom stereocenters. The summed E-state index contributed by atoms with van der Waals surface area (Å²) < 4.78 is 5.16. The van der Waals surface area contributed by atoms with Gasteiger partial charge in [-0.25, -0.2) is 15.0 Å². The second-order valence-corrected chi connectivity index (χ2v) is 7.84. The van der Waals surface area contributed by atoms with Gasteiger partial charge in [-0.2, -0.15) is 0 Å². The number of ether oxygens (including phenoxy) is 1. The standard InChI is InChI=1S/C24H29N5O2/c1-4-20-21(5-2)28-23-22(27-20)14-18(15-25-23)29-12-10-16(11-13-29)24(30)26-17-6-8-19(31-3)9-7-17/h6-9,14-16H,4-5,10-13H2,1-3H3,(H,26,30). The molecule has 7 nitrogen and oxygen atoms in total. The molecule has 7 heteroatoms. The average molecular weight is 420 g/mol. The first-order chi connectivity index (χ1) is 15.1. The zero-order chi connectivity index (χ0) is 21.8. The van der Waals surface area contributed by atoms with E-state index in [2.05, 4.69) is 40.1 Å². The third-order valence-electron chi connectivity index (χ3n) is 5.92. The van der Waals surface area contributed by atoms with Gasteiger partial charge in [-0.3, -0.25) is 4.79 Å². The van der Waals surface area contributed by atoms with Crippen molar-refractivity contribution >= 4 is 28.4 Å². The third kappa shape index (κ3) is 4.60. The lowest BCUT2D eigenvalue weighted by molar-refractivity contribution is -0.120. The highest BCUT2D eigenvalue weighted by Crippen LogP contribution is 2.26. The summed E-state index contributed by atoms with van der Waals surface area (Å²) in [4.78, 5) is 29.0. The van der Waals surface area contributed by atoms with Gasteiger partial charge < -0.3 is 15.0 Å². The molecule has 1 fully saturated rings. The smallest absolute Gasteiger partial charge is 0.227 e. The van der Waals surface area contributed by atoms with E-state index in [-0.39, 0.29) is 11.8 Å². The summed E-state index contributed by atoms with van der Waals surface area (Å²) in [7, 11) is 1.63. The summed E-state index contributed by atoms with van der Waals surface area (Å²) in [5.74, 6) is 0.856. The fourth-order valence-electron chi connectivity index (χ4n) is 4.06. The highest BCUT2D eigenvalue weighted by molar-refractivity contribution is 5.92. The molecule has 0 bridgehead atoms. The lowest BCUT2D eigenvalue weighted by Gasteiger charge is -2.32. The molecule has 0 aliphatic carbocycles. The molecule has 0 spiro atoms. The number of nitrogens with zero attached hydrogens (tertiary/aromatic N) is 4. The van der Waals surface area contributed by atoms with Crippen LogP contribution in [0.15, 0.2) is 36.5 Å². The Balaban J connectivity index is 1.40. The minimum absolute atomic E-state index is 0.00497. The number of benzene rings is 1. The highest BCUT2D eigenvalue weighted by atomic mass is 16.5. The molecule has 1 aliphatic rings. The van der Waals surface area contributed by atoms with E-state index in [1.165, 1.54) is 0 Å². The van der Waals surface area contributed by atoms with Crippen molar-refractivity contribution in [2.24, 2.45) is 5.92 Å². The minimum Gasteiger partial charge on any atom is -0.497 e. The maximum Gasteiger partial charge on any atom is 0.227 e. The molecule has 1 saturated heterocycles. The van der Waals surface area contributed by atoms with Gasteiger partial charge in [0.25, 0.3) is 0 Å². The number of fused-ring (bicyclic) bond motifs is 1. The molecule has 2 aromatic heterocycles. The van der Waals surface area contributed by atoms with Crippen molar-refractivity contribution in [3.63, 3.8) is 0 Å². The largest absolute Gasteiger partial charge is 0.497 e. The number of pyridine rings is 1. The lowest BCUT2D eigenvalue weighted by Crippen LogP contribution is -2.38. The SMILES string of the molecule is CCc1nc2cc(N3CCC(C(=O)Nc4ccc(OC)cc4)CC3)cnc2nc1CC. The van der Waals surface area contributed by atoms with Crippen molar-refractivity contribution in [1.29, 1.82) is 0 Å². The van der Waals surface area contributed by atoms with Gasteiger partial charge in [0.1, 0.15) is 11.3 Å². The van der Waals surface area contributed by atoms with Crippen molar-refractivity contribution in [1.82, 2.24) is 15.0 Å². The monoisotopic (exact) mass is 419 g/mol. The summed E-state index contributed by atoms with van der Waals surface area (Å²) in [6.45, 7) is 5.83. The second-order valence-electron chi connectivity index (χ2n) is 7.84. The van der Waals surface area contributed by atoms with E-state index >= 15 is 0 Å². The number of hydrogen-bond acceptors (Lipinski definition) is 6. The second kappa shape index (κ2) is 9.29. The van der Waals surface area contributed by atoms with E-state index in [0.717, 1.165) is 72.8 Å². The molecule has 162 valence electrons. The van der Waals surface area contributed by atoms with Crippen LogP contribution in [0.5, 0.6) is 5.75 Å². The van der Waals surface area contributed by atoms with Crippen molar-refractivity contribution in [3.8, 4) is 5.75 Å². The van der Waals surface area contributed by atoms with E-state index in [4.69, 9.17) is 9.72 Å². The van der Waals surface area contributed by atoms with E-state index < -0.39 is 0 Å². The Morgan fingerprint density at radius 2 is 1.77 bits per heavy atom. The number of nitrogens with one attached hydrogen (secondary N) is 1. The van der Waals surface area contributed by atoms with E-state index in [0.29, 0.717) is 5.65 Å². The van der Waals surface area contributed by atoms with Crippen LogP contribution in [-0.4, -0.2) is 41.1 Å². The first kappa shape index (κ1) is 21.0. The average Bonchev–Trinajstić information content (AvgIpc) is 2.83. The predicted molar refractivity (Wildman–Crippen MR) is 123 cm³/mol. The van der Waals surface area contributed by atoms with E-state index in [9.17, 15) is 4.79 Å². The first-order valence-corrected chi connectivity index (χ1v) is 11.0. The molecule has 3 aromatic rings. The number of aryl methyl sites for hydroxylation is 2. The molecule has 31 heavy (non-hydrogen) atoms. The fourth-order valence-corrected chi connectivity index (χ4v) is 4.06. The van der Waals surface area contributed by atoms with E-state index in [1.807, 2.05) is 30.5 Å². The number of anilines is 2. The number of aromatic nitrogens is 3. The number of amides is 1. The van der Waals surface area contributed by atoms with Crippen molar-refractivity contribution in [2.45, 2.75) is 39.5 Å². The van der Waals surface area contributed by atoms with Crippen molar-refractivity contribution in [2.75, 3.05) is 30.4 Å². The van der Waals surface area contributed by atoms with Gasteiger partial charge >= 0.3 is 0 Å². The third-order valence-corrected chi connectivity index (χ3v) is 5.92. The number of carbonyl (C=O) groups excluding carboxylic acids is 1. The van der Waals surface area contributed by atoms with Gasteiger partial charge in [-0.15, -0.1) is 0 Å². The molecule has 3 heterocycles. The van der Waals surface area contributed by atoms with Gasteiger partial charge in [0.2, 0.25) is 5.91 Å². The molecular weight excluding hydrogens is 390 g/mol. The summed E-state index contributed by atoms with van der Waals surface area (Å²) in [6, 6.07) is 9.50.